The number of rotatable bonds is 2. The minimum Gasteiger partial charge on any atom is -0.316 e. The fourth-order valence-electron chi connectivity index (χ4n) is 1.02. The van der Waals surface area contributed by atoms with Crippen LogP contribution < -0.4 is 5.32 Å². The minimum atomic E-state index is 0.584. The predicted molar refractivity (Wildman–Crippen MR) is 35.0 cm³/mol. The van der Waals surface area contributed by atoms with Crippen molar-refractivity contribution < 1.29 is 0 Å². The molecule has 4 heteroatoms. The molecule has 0 spiro atoms. The molecule has 0 amide bonds. The summed E-state index contributed by atoms with van der Waals surface area (Å²) in [4.78, 5) is 2.70. The van der Waals surface area contributed by atoms with Gasteiger partial charge in [0, 0.05) is 11.5 Å². The highest BCUT2D eigenvalue weighted by molar-refractivity contribution is 4.72. The van der Waals surface area contributed by atoms with Crippen LogP contribution in [0.3, 0.4) is 0 Å². The zero-order valence-corrected chi connectivity index (χ0v) is 5.25. The Morgan fingerprint density at radius 1 is 1.78 bits per heavy atom. The molecule has 0 aromatic rings. The Labute approximate surface area is 53.9 Å². The lowest BCUT2D eigenvalue weighted by molar-refractivity contribution is 0.594. The second-order valence-corrected chi connectivity index (χ2v) is 2.27. The van der Waals surface area contributed by atoms with Gasteiger partial charge < -0.3 is 5.32 Å². The Morgan fingerprint density at radius 3 is 3.22 bits per heavy atom. The summed E-state index contributed by atoms with van der Waals surface area (Å²) in [5.41, 5.74) is 7.96. The molecule has 1 heterocycles. The van der Waals surface area contributed by atoms with Crippen LogP contribution >= 0.6 is 0 Å². The van der Waals surface area contributed by atoms with Crippen molar-refractivity contribution in [2.45, 2.75) is 6.42 Å². The quantitative estimate of drug-likeness (QED) is 0.333. The molecule has 1 saturated heterocycles. The summed E-state index contributed by atoms with van der Waals surface area (Å²) in [5.74, 6) is 0.584. The van der Waals surface area contributed by atoms with Crippen LogP contribution in [0, 0.1) is 5.92 Å². The maximum absolute atomic E-state index is 7.96. The van der Waals surface area contributed by atoms with Crippen molar-refractivity contribution in [3.05, 3.63) is 10.4 Å². The van der Waals surface area contributed by atoms with Gasteiger partial charge >= 0.3 is 0 Å². The van der Waals surface area contributed by atoms with E-state index in [2.05, 4.69) is 15.3 Å². The van der Waals surface area contributed by atoms with Crippen LogP contribution in [0.2, 0.25) is 0 Å². The van der Waals surface area contributed by atoms with Crippen LogP contribution in [0.15, 0.2) is 5.11 Å². The SMILES string of the molecule is [N-]=[N+]=NCC1CCNC1. The van der Waals surface area contributed by atoms with Gasteiger partial charge in [0.2, 0.25) is 0 Å². The van der Waals surface area contributed by atoms with Gasteiger partial charge in [-0.2, -0.15) is 0 Å². The van der Waals surface area contributed by atoms with Crippen molar-refractivity contribution >= 4 is 0 Å². The molecule has 0 saturated carbocycles. The van der Waals surface area contributed by atoms with Crippen LogP contribution in [-0.4, -0.2) is 19.6 Å². The molecule has 0 aromatic carbocycles. The number of azide groups is 1. The zero-order chi connectivity index (χ0) is 6.53. The third kappa shape index (κ3) is 1.91. The van der Waals surface area contributed by atoms with E-state index >= 15 is 0 Å². The van der Waals surface area contributed by atoms with Gasteiger partial charge in [-0.15, -0.1) is 0 Å². The van der Waals surface area contributed by atoms with Crippen molar-refractivity contribution in [2.24, 2.45) is 11.0 Å². The summed E-state index contributed by atoms with van der Waals surface area (Å²) in [6.45, 7) is 2.74. The molecule has 1 atom stereocenters. The molecule has 1 fully saturated rings. The second kappa shape index (κ2) is 3.33. The van der Waals surface area contributed by atoms with E-state index in [4.69, 9.17) is 5.53 Å². The fourth-order valence-corrected chi connectivity index (χ4v) is 1.02. The zero-order valence-electron chi connectivity index (χ0n) is 5.25. The first-order valence-electron chi connectivity index (χ1n) is 3.15. The van der Waals surface area contributed by atoms with E-state index in [9.17, 15) is 0 Å². The Morgan fingerprint density at radius 2 is 2.67 bits per heavy atom. The molecular weight excluding hydrogens is 116 g/mol. The van der Waals surface area contributed by atoms with E-state index in [-0.39, 0.29) is 0 Å². The third-order valence-corrected chi connectivity index (χ3v) is 1.57. The summed E-state index contributed by atoms with van der Waals surface area (Å²) in [5, 5.41) is 6.69. The summed E-state index contributed by atoms with van der Waals surface area (Å²) in [6.07, 6.45) is 1.15. The first-order valence-corrected chi connectivity index (χ1v) is 3.15. The lowest BCUT2D eigenvalue weighted by Crippen LogP contribution is -2.10. The Bertz CT molecular complexity index is 121. The summed E-state index contributed by atoms with van der Waals surface area (Å²) in [6, 6.07) is 0. The number of nitrogens with one attached hydrogen (secondary N) is 1. The van der Waals surface area contributed by atoms with E-state index in [0.29, 0.717) is 12.5 Å². The van der Waals surface area contributed by atoms with Crippen LogP contribution in [0.5, 0.6) is 0 Å². The highest BCUT2D eigenvalue weighted by atomic mass is 15.1. The fraction of sp³-hybridized carbons (Fsp3) is 1.00. The normalized spacial score (nSPS) is 25.6. The van der Waals surface area contributed by atoms with Crippen molar-refractivity contribution in [3.63, 3.8) is 0 Å². The molecular formula is C5H10N4. The van der Waals surface area contributed by atoms with Crippen molar-refractivity contribution in [1.82, 2.24) is 5.32 Å². The molecule has 1 aliphatic rings. The lowest BCUT2D eigenvalue weighted by Gasteiger charge is -1.98. The van der Waals surface area contributed by atoms with Crippen molar-refractivity contribution in [3.8, 4) is 0 Å². The largest absolute Gasteiger partial charge is 0.316 e. The predicted octanol–water partition coefficient (Wildman–Crippen LogP) is 0.906. The lowest BCUT2D eigenvalue weighted by atomic mass is 10.1. The molecule has 50 valence electrons. The summed E-state index contributed by atoms with van der Waals surface area (Å²) < 4.78 is 0. The van der Waals surface area contributed by atoms with Crippen LogP contribution in [0.4, 0.5) is 0 Å². The maximum atomic E-state index is 7.96. The molecule has 1 aliphatic heterocycles. The molecule has 1 rings (SSSR count). The standard InChI is InChI=1S/C5H10N4/c6-9-8-4-5-1-2-7-3-5/h5,7H,1-4H2. The smallest absolute Gasteiger partial charge is 0.0298 e. The van der Waals surface area contributed by atoms with Crippen LogP contribution in [-0.2, 0) is 0 Å². The van der Waals surface area contributed by atoms with Gasteiger partial charge in [-0.05, 0) is 31.0 Å². The second-order valence-electron chi connectivity index (χ2n) is 2.27. The minimum absolute atomic E-state index is 0.584. The molecule has 0 aromatic heterocycles. The van der Waals surface area contributed by atoms with Crippen molar-refractivity contribution in [1.29, 1.82) is 0 Å². The van der Waals surface area contributed by atoms with Gasteiger partial charge in [0.25, 0.3) is 0 Å². The van der Waals surface area contributed by atoms with Gasteiger partial charge in [0.15, 0.2) is 0 Å². The van der Waals surface area contributed by atoms with E-state index < -0.39 is 0 Å². The van der Waals surface area contributed by atoms with Gasteiger partial charge in [-0.1, -0.05) is 5.11 Å². The average molecular weight is 126 g/mol. The van der Waals surface area contributed by atoms with Crippen LogP contribution in [0.25, 0.3) is 10.4 Å². The topological polar surface area (TPSA) is 60.8 Å². The number of hydrogen-bond donors (Lipinski definition) is 1. The van der Waals surface area contributed by atoms with E-state index in [1.54, 1.807) is 0 Å². The first kappa shape index (κ1) is 6.39. The first-order chi connectivity index (χ1) is 4.43. The molecule has 0 radical (unpaired) electrons. The monoisotopic (exact) mass is 126 g/mol. The van der Waals surface area contributed by atoms with Gasteiger partial charge in [0.1, 0.15) is 0 Å². The Balaban J connectivity index is 2.18. The van der Waals surface area contributed by atoms with Crippen LogP contribution in [0.1, 0.15) is 6.42 Å². The van der Waals surface area contributed by atoms with E-state index in [0.717, 1.165) is 19.5 Å². The maximum Gasteiger partial charge on any atom is 0.0298 e. The number of hydrogen-bond acceptors (Lipinski definition) is 2. The van der Waals surface area contributed by atoms with E-state index in [1.165, 1.54) is 0 Å². The third-order valence-electron chi connectivity index (χ3n) is 1.57. The average Bonchev–Trinajstić information content (AvgIpc) is 2.34. The Kier molecular flexibility index (Phi) is 2.36. The molecule has 0 aliphatic carbocycles. The van der Waals surface area contributed by atoms with Gasteiger partial charge in [-0.3, -0.25) is 0 Å². The van der Waals surface area contributed by atoms with Gasteiger partial charge in [0.05, 0.1) is 0 Å². The molecule has 1 N–H and O–H groups in total. The molecule has 1 unspecified atom stereocenters. The molecule has 0 bridgehead atoms. The van der Waals surface area contributed by atoms with E-state index in [1.807, 2.05) is 0 Å². The highest BCUT2D eigenvalue weighted by Gasteiger charge is 2.11. The Hall–Kier alpha value is -0.730. The van der Waals surface area contributed by atoms with Gasteiger partial charge in [-0.25, -0.2) is 0 Å². The highest BCUT2D eigenvalue weighted by Crippen LogP contribution is 2.06. The summed E-state index contributed by atoms with van der Waals surface area (Å²) >= 11 is 0. The molecule has 9 heavy (non-hydrogen) atoms. The summed E-state index contributed by atoms with van der Waals surface area (Å²) in [7, 11) is 0. The molecule has 4 nitrogen and oxygen atoms in total. The number of nitrogens with zero attached hydrogens (tertiary/aromatic N) is 3. The van der Waals surface area contributed by atoms with Crippen molar-refractivity contribution in [2.75, 3.05) is 19.6 Å².